The van der Waals surface area contributed by atoms with Gasteiger partial charge in [0.15, 0.2) is 5.69 Å². The second-order valence-electron chi connectivity index (χ2n) is 6.01. The molecule has 2 aromatic rings. The summed E-state index contributed by atoms with van der Waals surface area (Å²) in [7, 11) is 0. The van der Waals surface area contributed by atoms with E-state index >= 15 is 0 Å². The van der Waals surface area contributed by atoms with Gasteiger partial charge in [-0.05, 0) is 49.4 Å². The second-order valence-corrected chi connectivity index (χ2v) is 6.01. The lowest BCUT2D eigenvalue weighted by Crippen LogP contribution is -2.06. The van der Waals surface area contributed by atoms with Gasteiger partial charge in [0.05, 0.1) is 19.8 Å². The molecule has 0 saturated heterocycles. The van der Waals surface area contributed by atoms with Gasteiger partial charge in [-0.1, -0.05) is 43.0 Å². The van der Waals surface area contributed by atoms with E-state index in [0.717, 1.165) is 36.1 Å². The Kier molecular flexibility index (Phi) is 7.45. The zero-order valence-corrected chi connectivity index (χ0v) is 15.0. The first-order valence-electron chi connectivity index (χ1n) is 8.63. The van der Waals surface area contributed by atoms with Crippen LogP contribution in [0.3, 0.4) is 0 Å². The predicted molar refractivity (Wildman–Crippen MR) is 103 cm³/mol. The van der Waals surface area contributed by atoms with Crippen LogP contribution in [0.5, 0.6) is 5.75 Å². The van der Waals surface area contributed by atoms with Gasteiger partial charge in [-0.3, -0.25) is 0 Å². The van der Waals surface area contributed by atoms with Gasteiger partial charge < -0.3 is 9.47 Å². The highest BCUT2D eigenvalue weighted by Crippen LogP contribution is 2.24. The molecule has 134 valence electrons. The number of carbonyl (C=O) groups is 1. The maximum Gasteiger partial charge on any atom is 0.333 e. The Labute approximate surface area is 154 Å². The van der Waals surface area contributed by atoms with Crippen LogP contribution in [-0.2, 0) is 9.53 Å². The van der Waals surface area contributed by atoms with E-state index in [1.54, 1.807) is 6.92 Å². The minimum atomic E-state index is -0.329. The summed E-state index contributed by atoms with van der Waals surface area (Å²) in [5, 5.41) is 0. The smallest absolute Gasteiger partial charge is 0.333 e. The minimum Gasteiger partial charge on any atom is -0.494 e. The van der Waals surface area contributed by atoms with Crippen LogP contribution in [0.4, 0.5) is 5.69 Å². The van der Waals surface area contributed by atoms with E-state index in [9.17, 15) is 4.79 Å². The summed E-state index contributed by atoms with van der Waals surface area (Å²) in [5.74, 6) is 0.505. The average molecular weight is 349 g/mol. The molecule has 4 heteroatoms. The van der Waals surface area contributed by atoms with E-state index in [1.165, 1.54) is 0 Å². The fourth-order valence-electron chi connectivity index (χ4n) is 2.33. The Morgan fingerprint density at radius 3 is 2.12 bits per heavy atom. The highest BCUT2D eigenvalue weighted by molar-refractivity contribution is 5.86. The van der Waals surface area contributed by atoms with Crippen molar-refractivity contribution in [2.24, 2.45) is 0 Å². The molecule has 0 radical (unpaired) electrons. The van der Waals surface area contributed by atoms with E-state index < -0.39 is 0 Å². The molecule has 26 heavy (non-hydrogen) atoms. The molecule has 4 nitrogen and oxygen atoms in total. The molecule has 0 aliphatic heterocycles. The largest absolute Gasteiger partial charge is 0.494 e. The number of esters is 1. The van der Waals surface area contributed by atoms with Crippen molar-refractivity contribution in [3.63, 3.8) is 0 Å². The summed E-state index contributed by atoms with van der Waals surface area (Å²) in [6, 6.07) is 15.5. The zero-order valence-electron chi connectivity index (χ0n) is 15.0. The van der Waals surface area contributed by atoms with Crippen molar-refractivity contribution in [1.82, 2.24) is 0 Å². The third kappa shape index (κ3) is 6.10. The molecule has 0 bridgehead atoms. The molecule has 2 rings (SSSR count). The minimum absolute atomic E-state index is 0.329. The first-order chi connectivity index (χ1) is 12.6. The summed E-state index contributed by atoms with van der Waals surface area (Å²) in [6.07, 6.45) is 2.67. The number of unbranched alkanes of at least 4 members (excludes halogenated alkanes) is 2. The van der Waals surface area contributed by atoms with E-state index in [0.29, 0.717) is 24.5 Å². The summed E-state index contributed by atoms with van der Waals surface area (Å²) in [6.45, 7) is 13.2. The molecular weight excluding hydrogens is 326 g/mol. The number of hydrogen-bond acceptors (Lipinski definition) is 3. The van der Waals surface area contributed by atoms with Crippen LogP contribution in [0, 0.1) is 6.57 Å². The molecule has 0 saturated carbocycles. The van der Waals surface area contributed by atoms with Crippen molar-refractivity contribution in [3.8, 4) is 16.9 Å². The van der Waals surface area contributed by atoms with Crippen molar-refractivity contribution in [1.29, 1.82) is 0 Å². The van der Waals surface area contributed by atoms with E-state index in [4.69, 9.17) is 16.0 Å². The van der Waals surface area contributed by atoms with Gasteiger partial charge in [-0.15, -0.1) is 0 Å². The fourth-order valence-corrected chi connectivity index (χ4v) is 2.33. The molecule has 0 fully saturated rings. The SMILES string of the molecule is [C-]#[N+]c1ccc(-c2ccc(OCCCCCOC(=O)C(=C)C)cc2)cc1. The van der Waals surface area contributed by atoms with Crippen molar-refractivity contribution >= 4 is 11.7 Å². The van der Waals surface area contributed by atoms with Gasteiger partial charge in [0.1, 0.15) is 5.75 Å². The normalized spacial score (nSPS) is 10.0. The first kappa shape index (κ1) is 19.3. The molecule has 0 aliphatic carbocycles. The Morgan fingerprint density at radius 2 is 1.54 bits per heavy atom. The maximum atomic E-state index is 11.2. The van der Waals surface area contributed by atoms with Crippen LogP contribution in [0.1, 0.15) is 26.2 Å². The van der Waals surface area contributed by atoms with Gasteiger partial charge in [0.25, 0.3) is 0 Å². The number of ether oxygens (including phenoxy) is 2. The Bertz CT molecular complexity index is 771. The monoisotopic (exact) mass is 349 g/mol. The lowest BCUT2D eigenvalue weighted by atomic mass is 10.1. The van der Waals surface area contributed by atoms with E-state index in [-0.39, 0.29) is 5.97 Å². The number of benzene rings is 2. The molecule has 0 aromatic heterocycles. The molecule has 0 spiro atoms. The van der Waals surface area contributed by atoms with E-state index in [2.05, 4.69) is 11.4 Å². The van der Waals surface area contributed by atoms with Gasteiger partial charge >= 0.3 is 5.97 Å². The van der Waals surface area contributed by atoms with Gasteiger partial charge in [-0.25, -0.2) is 9.64 Å². The van der Waals surface area contributed by atoms with Crippen LogP contribution in [0.15, 0.2) is 60.7 Å². The lowest BCUT2D eigenvalue weighted by Gasteiger charge is -2.08. The van der Waals surface area contributed by atoms with Crippen LogP contribution < -0.4 is 4.74 Å². The van der Waals surface area contributed by atoms with E-state index in [1.807, 2.05) is 48.5 Å². The molecule has 0 heterocycles. The summed E-state index contributed by atoms with van der Waals surface area (Å²) >= 11 is 0. The topological polar surface area (TPSA) is 39.9 Å². The fraction of sp³-hybridized carbons (Fsp3) is 0.273. The Hall–Kier alpha value is -3.06. The molecule has 0 N–H and O–H groups in total. The third-order valence-corrected chi connectivity index (χ3v) is 3.82. The predicted octanol–water partition coefficient (Wildman–Crippen LogP) is 5.57. The third-order valence-electron chi connectivity index (χ3n) is 3.82. The second kappa shape index (κ2) is 10.0. The van der Waals surface area contributed by atoms with Crippen molar-refractivity contribution in [3.05, 3.63) is 72.1 Å². The quantitative estimate of drug-likeness (QED) is 0.257. The van der Waals surface area contributed by atoms with Crippen LogP contribution >= 0.6 is 0 Å². The molecule has 0 aliphatic rings. The van der Waals surface area contributed by atoms with Crippen LogP contribution in [-0.4, -0.2) is 19.2 Å². The molecular formula is C22H23NO3. The van der Waals surface area contributed by atoms with Gasteiger partial charge in [0.2, 0.25) is 0 Å². The molecule has 0 amide bonds. The zero-order chi connectivity index (χ0) is 18.8. The number of carbonyl (C=O) groups excluding carboxylic acids is 1. The molecule has 0 atom stereocenters. The number of hydrogen-bond donors (Lipinski definition) is 0. The lowest BCUT2D eigenvalue weighted by molar-refractivity contribution is -0.139. The van der Waals surface area contributed by atoms with Crippen molar-refractivity contribution < 1.29 is 14.3 Å². The first-order valence-corrected chi connectivity index (χ1v) is 8.63. The standard InChI is InChI=1S/C22H23NO3/c1-17(2)22(24)26-16-6-4-5-15-25-21-13-9-19(10-14-21)18-7-11-20(23-3)12-8-18/h7-14H,1,4-6,15-16H2,2H3. The summed E-state index contributed by atoms with van der Waals surface area (Å²) in [5.41, 5.74) is 3.24. The summed E-state index contributed by atoms with van der Waals surface area (Å²) in [4.78, 5) is 14.6. The van der Waals surface area contributed by atoms with Gasteiger partial charge in [0, 0.05) is 5.57 Å². The Balaban J connectivity index is 1.68. The average Bonchev–Trinajstić information content (AvgIpc) is 2.67. The molecule has 0 unspecified atom stereocenters. The Morgan fingerprint density at radius 1 is 0.962 bits per heavy atom. The molecule has 2 aromatic carbocycles. The highest BCUT2D eigenvalue weighted by Gasteiger charge is 2.02. The van der Waals surface area contributed by atoms with Crippen molar-refractivity contribution in [2.45, 2.75) is 26.2 Å². The number of nitrogens with zero attached hydrogens (tertiary/aromatic N) is 1. The highest BCUT2D eigenvalue weighted by atomic mass is 16.5. The van der Waals surface area contributed by atoms with Crippen LogP contribution in [0.2, 0.25) is 0 Å². The number of rotatable bonds is 9. The van der Waals surface area contributed by atoms with Crippen molar-refractivity contribution in [2.75, 3.05) is 13.2 Å². The maximum absolute atomic E-state index is 11.2. The van der Waals surface area contributed by atoms with Crippen LogP contribution in [0.25, 0.3) is 16.0 Å². The van der Waals surface area contributed by atoms with Gasteiger partial charge in [-0.2, -0.15) is 0 Å². The summed E-state index contributed by atoms with van der Waals surface area (Å²) < 4.78 is 10.8.